The third kappa shape index (κ3) is 7.68. The van der Waals surface area contributed by atoms with Crippen LogP contribution < -0.4 is 0 Å². The Morgan fingerprint density at radius 3 is 1.84 bits per heavy atom. The molecule has 0 aliphatic carbocycles. The standard InChI is InChI=1S/C19H24N2.3ClH.Fe/c1-13(2)16-9-8-10-17(14(3)4)19(16)21-15(5)18-11-6-7-12-20-18;;;;/h6-14H,1-5H3;3*1H;/q;;;;+3/p-3. The van der Waals surface area contributed by atoms with Crippen LogP contribution in [0.3, 0.4) is 0 Å². The Morgan fingerprint density at radius 1 is 0.920 bits per heavy atom. The van der Waals surface area contributed by atoms with Crippen LogP contribution in [0.4, 0.5) is 5.69 Å². The molecule has 1 aromatic heterocycles. The van der Waals surface area contributed by atoms with E-state index >= 15 is 0 Å². The van der Waals surface area contributed by atoms with Gasteiger partial charge in [0.1, 0.15) is 0 Å². The van der Waals surface area contributed by atoms with Gasteiger partial charge in [0.05, 0.1) is 17.1 Å². The monoisotopic (exact) mass is 441 g/mol. The van der Waals surface area contributed by atoms with Gasteiger partial charge in [-0.05, 0) is 42.0 Å². The van der Waals surface area contributed by atoms with Gasteiger partial charge in [0.15, 0.2) is 0 Å². The zero-order valence-electron chi connectivity index (χ0n) is 15.1. The van der Waals surface area contributed by atoms with Crippen molar-refractivity contribution in [2.45, 2.75) is 46.5 Å². The van der Waals surface area contributed by atoms with E-state index in [4.69, 9.17) is 35.3 Å². The van der Waals surface area contributed by atoms with Gasteiger partial charge in [0, 0.05) is 6.20 Å². The van der Waals surface area contributed by atoms with Crippen molar-refractivity contribution in [3.05, 3.63) is 59.4 Å². The summed E-state index contributed by atoms with van der Waals surface area (Å²) in [6.07, 6.45) is 1.81. The van der Waals surface area contributed by atoms with E-state index in [1.54, 1.807) is 0 Å². The summed E-state index contributed by atoms with van der Waals surface area (Å²) in [5.41, 5.74) is 5.62. The number of rotatable bonds is 4. The third-order valence-electron chi connectivity index (χ3n) is 3.66. The van der Waals surface area contributed by atoms with Crippen molar-refractivity contribution in [3.63, 3.8) is 0 Å². The van der Waals surface area contributed by atoms with Gasteiger partial charge in [0.25, 0.3) is 0 Å². The first-order chi connectivity index (χ1) is 11.7. The molecule has 1 aromatic carbocycles. The summed E-state index contributed by atoms with van der Waals surface area (Å²) in [5, 5.41) is 0. The van der Waals surface area contributed by atoms with Crippen molar-refractivity contribution >= 4 is 41.7 Å². The average molecular weight is 443 g/mol. The normalized spacial score (nSPS) is 12.1. The number of benzene rings is 1. The second kappa shape index (κ2) is 11.2. The van der Waals surface area contributed by atoms with Gasteiger partial charge >= 0.3 is 41.5 Å². The number of hydrogen-bond donors (Lipinski definition) is 0. The summed E-state index contributed by atoms with van der Waals surface area (Å²) in [6.45, 7) is 10.9. The molecular formula is C19H24Cl3FeN2. The summed E-state index contributed by atoms with van der Waals surface area (Å²) in [4.78, 5) is 9.32. The Kier molecular flexibility index (Phi) is 10.1. The molecule has 0 N–H and O–H groups in total. The predicted molar refractivity (Wildman–Crippen MR) is 108 cm³/mol. The van der Waals surface area contributed by atoms with Crippen LogP contribution in [0.2, 0.25) is 0 Å². The SMILES string of the molecule is CC(=Nc1c(C(C)C)cccc1C(C)C)c1ccccn1.[Cl][Fe]([Cl])[Cl]. The predicted octanol–water partition coefficient (Wildman–Crippen LogP) is 7.54. The van der Waals surface area contributed by atoms with E-state index in [9.17, 15) is 0 Å². The van der Waals surface area contributed by atoms with E-state index in [1.165, 1.54) is 11.1 Å². The van der Waals surface area contributed by atoms with Crippen LogP contribution in [0.15, 0.2) is 47.6 Å². The van der Waals surface area contributed by atoms with Gasteiger partial charge in [-0.1, -0.05) is 52.0 Å². The van der Waals surface area contributed by atoms with Crippen LogP contribution >= 0.6 is 30.3 Å². The molecule has 0 unspecified atom stereocenters. The number of aromatic nitrogens is 1. The molecule has 0 aliphatic heterocycles. The molecule has 0 radical (unpaired) electrons. The average Bonchev–Trinajstić information content (AvgIpc) is 2.54. The molecule has 0 amide bonds. The van der Waals surface area contributed by atoms with Crippen LogP contribution in [0, 0.1) is 0 Å². The van der Waals surface area contributed by atoms with Crippen LogP contribution in [0.25, 0.3) is 0 Å². The van der Waals surface area contributed by atoms with Crippen molar-refractivity contribution in [1.82, 2.24) is 4.98 Å². The van der Waals surface area contributed by atoms with Crippen molar-refractivity contribution in [2.75, 3.05) is 0 Å². The van der Waals surface area contributed by atoms with Gasteiger partial charge in [0.2, 0.25) is 0 Å². The molecule has 6 heteroatoms. The summed E-state index contributed by atoms with van der Waals surface area (Å²) >= 11 is -1.33. The fourth-order valence-corrected chi connectivity index (χ4v) is 2.44. The minimum atomic E-state index is -1.33. The second-order valence-electron chi connectivity index (χ2n) is 6.16. The molecule has 0 fully saturated rings. The molecule has 2 nitrogen and oxygen atoms in total. The number of nitrogens with zero attached hydrogens (tertiary/aromatic N) is 2. The first kappa shape index (κ1) is 22.5. The summed E-state index contributed by atoms with van der Waals surface area (Å²) < 4.78 is 0. The third-order valence-corrected chi connectivity index (χ3v) is 3.66. The summed E-state index contributed by atoms with van der Waals surface area (Å²) in [7, 11) is 14.7. The molecule has 0 saturated carbocycles. The fourth-order valence-electron chi connectivity index (χ4n) is 2.44. The van der Waals surface area contributed by atoms with E-state index in [-0.39, 0.29) is 0 Å². The number of aliphatic imine (C=N–C) groups is 1. The summed E-state index contributed by atoms with van der Waals surface area (Å²) in [5.74, 6) is 0.915. The molecule has 139 valence electrons. The van der Waals surface area contributed by atoms with Gasteiger partial charge in [-0.3, -0.25) is 9.98 Å². The molecule has 0 saturated heterocycles. The van der Waals surface area contributed by atoms with Gasteiger partial charge in [-0.2, -0.15) is 0 Å². The fraction of sp³-hybridized carbons (Fsp3) is 0.368. The van der Waals surface area contributed by atoms with Crippen molar-refractivity contribution in [3.8, 4) is 0 Å². The van der Waals surface area contributed by atoms with Crippen molar-refractivity contribution < 1.29 is 11.2 Å². The zero-order valence-corrected chi connectivity index (χ0v) is 18.4. The number of halogens is 3. The minimum absolute atomic E-state index is 0.457. The quantitative estimate of drug-likeness (QED) is 0.355. The topological polar surface area (TPSA) is 25.2 Å². The maximum absolute atomic E-state index is 4.93. The molecule has 0 spiro atoms. The number of pyridine rings is 1. The van der Waals surface area contributed by atoms with E-state index in [0.717, 1.165) is 17.1 Å². The Bertz CT molecular complexity index is 657. The molecule has 2 rings (SSSR count). The Labute approximate surface area is 168 Å². The van der Waals surface area contributed by atoms with E-state index in [1.807, 2.05) is 31.3 Å². The second-order valence-corrected chi connectivity index (χ2v) is 11.6. The van der Waals surface area contributed by atoms with Crippen LogP contribution in [0.1, 0.15) is 63.3 Å². The molecule has 0 aliphatic rings. The Hall–Kier alpha value is -0.571. The molecular weight excluding hydrogens is 418 g/mol. The van der Waals surface area contributed by atoms with Gasteiger partial charge < -0.3 is 0 Å². The first-order valence-corrected chi connectivity index (χ1v) is 12.6. The van der Waals surface area contributed by atoms with Gasteiger partial charge in [-0.15, -0.1) is 0 Å². The van der Waals surface area contributed by atoms with Crippen LogP contribution in [-0.2, 0) is 11.2 Å². The number of hydrogen-bond acceptors (Lipinski definition) is 2. The van der Waals surface area contributed by atoms with E-state index in [0.29, 0.717) is 11.8 Å². The Balaban J connectivity index is 0.000000705. The van der Waals surface area contributed by atoms with Crippen LogP contribution in [0.5, 0.6) is 0 Å². The first-order valence-electron chi connectivity index (χ1n) is 8.00. The van der Waals surface area contributed by atoms with Crippen molar-refractivity contribution in [1.29, 1.82) is 0 Å². The number of para-hydroxylation sites is 1. The van der Waals surface area contributed by atoms with Crippen molar-refractivity contribution in [2.24, 2.45) is 4.99 Å². The summed E-state index contributed by atoms with van der Waals surface area (Å²) in [6, 6.07) is 12.4. The van der Waals surface area contributed by atoms with E-state index < -0.39 is 11.2 Å². The maximum atomic E-state index is 4.93. The zero-order chi connectivity index (χ0) is 19.0. The Morgan fingerprint density at radius 2 is 1.44 bits per heavy atom. The molecule has 2 aromatic rings. The molecule has 25 heavy (non-hydrogen) atoms. The molecule has 0 atom stereocenters. The molecule has 0 bridgehead atoms. The van der Waals surface area contributed by atoms with Gasteiger partial charge in [-0.25, -0.2) is 0 Å². The van der Waals surface area contributed by atoms with E-state index in [2.05, 4.69) is 50.9 Å². The molecule has 1 heterocycles. The van der Waals surface area contributed by atoms with Crippen LogP contribution in [-0.4, -0.2) is 10.7 Å².